The van der Waals surface area contributed by atoms with Crippen LogP contribution >= 0.6 is 0 Å². The highest BCUT2D eigenvalue weighted by Gasteiger charge is 2.21. The van der Waals surface area contributed by atoms with Crippen molar-refractivity contribution >= 4 is 38.2 Å². The van der Waals surface area contributed by atoms with Gasteiger partial charge in [0.05, 0.1) is 33.0 Å². The molecule has 0 radical (unpaired) electrons. The number of hydrogen-bond donors (Lipinski definition) is 1. The van der Waals surface area contributed by atoms with Gasteiger partial charge < -0.3 is 33.7 Å². The third-order valence-corrected chi connectivity index (χ3v) is 13.1. The Balaban J connectivity index is 1.85. The molecule has 8 nitrogen and oxygen atoms in total. The summed E-state index contributed by atoms with van der Waals surface area (Å²) in [5.41, 5.74) is 0. The molecule has 382 valence electrons. The van der Waals surface area contributed by atoms with Gasteiger partial charge in [-0.05, 0) is 107 Å². The minimum absolute atomic E-state index is 0.0860. The lowest BCUT2D eigenvalue weighted by molar-refractivity contribution is -0.123. The second-order valence-corrected chi connectivity index (χ2v) is 19.2. The summed E-state index contributed by atoms with van der Waals surface area (Å²) in [6, 6.07) is 13.0. The minimum Gasteiger partial charge on any atom is -0.490 e. The Morgan fingerprint density at radius 3 is 0.794 bits per heavy atom. The average Bonchev–Trinajstić information content (AvgIpc) is 3.35. The number of carbonyl (C=O) groups is 1. The van der Waals surface area contributed by atoms with Crippen LogP contribution in [0.3, 0.4) is 0 Å². The number of rotatable bonds is 42. The van der Waals surface area contributed by atoms with Crippen LogP contribution < -0.4 is 33.7 Å². The molecule has 4 aromatic rings. The van der Waals surface area contributed by atoms with E-state index in [0.29, 0.717) is 51.1 Å². The molecule has 0 saturated heterocycles. The molecule has 4 rings (SSSR count). The van der Waals surface area contributed by atoms with Gasteiger partial charge in [0.2, 0.25) is 0 Å². The fraction of sp³-hybridized carbons (Fsp3) is 0.683. The molecule has 0 spiro atoms. The third-order valence-electron chi connectivity index (χ3n) is 13.1. The Morgan fingerprint density at radius 2 is 0.529 bits per heavy atom. The summed E-state index contributed by atoms with van der Waals surface area (Å²) in [6.45, 7) is 17.1. The largest absolute Gasteiger partial charge is 0.490 e. The predicted octanol–water partition coefficient (Wildman–Crippen LogP) is 17.6. The van der Waals surface area contributed by atoms with E-state index in [4.69, 9.17) is 28.4 Å². The number of benzene rings is 4. The van der Waals surface area contributed by atoms with Gasteiger partial charge in [-0.15, -0.1) is 0 Å². The van der Waals surface area contributed by atoms with Crippen LogP contribution in [0.4, 0.5) is 0 Å². The number of ether oxygens (including phenoxy) is 6. The first-order valence-corrected chi connectivity index (χ1v) is 28.1. The van der Waals surface area contributed by atoms with Crippen molar-refractivity contribution in [1.82, 2.24) is 5.32 Å². The molecule has 0 atom stereocenters. The summed E-state index contributed by atoms with van der Waals surface area (Å²) in [5, 5.41) is 9.30. The molecule has 0 aromatic heterocycles. The summed E-state index contributed by atoms with van der Waals surface area (Å²) >= 11 is 0. The van der Waals surface area contributed by atoms with Gasteiger partial charge in [0.1, 0.15) is 0 Å². The van der Waals surface area contributed by atoms with Crippen LogP contribution in [-0.4, -0.2) is 52.1 Å². The number of amides is 1. The maximum atomic E-state index is 13.3. The molecule has 0 saturated carbocycles. The number of carbonyl (C=O) groups excluding carboxylic acids is 1. The quantitative estimate of drug-likeness (QED) is 0.0350. The highest BCUT2D eigenvalue weighted by Crippen LogP contribution is 2.47. The van der Waals surface area contributed by atoms with Crippen LogP contribution in [0.1, 0.15) is 221 Å². The maximum absolute atomic E-state index is 13.3. The van der Waals surface area contributed by atoms with Gasteiger partial charge in [0, 0.05) is 6.54 Å². The van der Waals surface area contributed by atoms with Gasteiger partial charge >= 0.3 is 0 Å². The molecule has 0 aliphatic carbocycles. The summed E-state index contributed by atoms with van der Waals surface area (Å²) in [5.74, 6) is 4.14. The second kappa shape index (κ2) is 35.1. The highest BCUT2D eigenvalue weighted by molar-refractivity contribution is 6.26. The molecule has 1 amide bonds. The standard InChI is InChI=1S/C60H95NO7/c1-7-13-19-25-26-27-28-29-35-61-60(62)47-68-59-46-53-51-44-57(66-39-33-23-17-11-5)55(64-37-31-21-15-9-3)42-49(51)48-41-54(63-36-30-20-14-8-2)56(65-38-32-22-16-10-4)43-50(48)52(53)45-58(59)67-40-34-24-18-12-6/h41-46H,7-40,47H2,1-6H3,(H,61,62). The molecule has 0 bridgehead atoms. The van der Waals surface area contributed by atoms with E-state index < -0.39 is 0 Å². The van der Waals surface area contributed by atoms with Crippen LogP contribution in [0.2, 0.25) is 0 Å². The maximum Gasteiger partial charge on any atom is 0.257 e. The van der Waals surface area contributed by atoms with E-state index in [2.05, 4.69) is 83.3 Å². The van der Waals surface area contributed by atoms with Crippen LogP contribution in [0.15, 0.2) is 36.4 Å². The van der Waals surface area contributed by atoms with Crippen molar-refractivity contribution in [1.29, 1.82) is 0 Å². The van der Waals surface area contributed by atoms with E-state index in [1.807, 2.05) is 0 Å². The Labute approximate surface area is 413 Å². The van der Waals surface area contributed by atoms with Gasteiger partial charge in [-0.3, -0.25) is 4.79 Å². The van der Waals surface area contributed by atoms with Crippen molar-refractivity contribution in [2.75, 3.05) is 46.2 Å². The minimum atomic E-state index is -0.118. The highest BCUT2D eigenvalue weighted by atomic mass is 16.5. The van der Waals surface area contributed by atoms with E-state index >= 15 is 0 Å². The van der Waals surface area contributed by atoms with Gasteiger partial charge in [0.15, 0.2) is 41.1 Å². The fourth-order valence-corrected chi connectivity index (χ4v) is 8.93. The first-order valence-electron chi connectivity index (χ1n) is 28.1. The van der Waals surface area contributed by atoms with Crippen molar-refractivity contribution in [3.05, 3.63) is 36.4 Å². The summed E-state index contributed by atoms with van der Waals surface area (Å²) < 4.78 is 39.7. The lowest BCUT2D eigenvalue weighted by atomic mass is 9.93. The Morgan fingerprint density at radius 1 is 0.309 bits per heavy atom. The Kier molecular flexibility index (Phi) is 29.2. The van der Waals surface area contributed by atoms with Gasteiger partial charge in [-0.1, -0.05) is 183 Å². The van der Waals surface area contributed by atoms with Crippen LogP contribution in [-0.2, 0) is 4.79 Å². The van der Waals surface area contributed by atoms with Crippen molar-refractivity contribution in [3.8, 4) is 34.5 Å². The second-order valence-electron chi connectivity index (χ2n) is 19.2. The number of nitrogens with one attached hydrogen (secondary N) is 1. The monoisotopic (exact) mass is 942 g/mol. The zero-order valence-corrected chi connectivity index (χ0v) is 44.1. The van der Waals surface area contributed by atoms with Gasteiger partial charge in [-0.25, -0.2) is 0 Å². The number of unbranched alkanes of at least 4 members (excludes halogenated alkanes) is 22. The van der Waals surface area contributed by atoms with Crippen molar-refractivity contribution in [3.63, 3.8) is 0 Å². The van der Waals surface area contributed by atoms with Crippen molar-refractivity contribution in [2.45, 2.75) is 221 Å². The first-order chi connectivity index (χ1) is 33.5. The fourth-order valence-electron chi connectivity index (χ4n) is 8.93. The Bertz CT molecular complexity index is 1930. The number of hydrogen-bond acceptors (Lipinski definition) is 7. The molecule has 4 aromatic carbocycles. The van der Waals surface area contributed by atoms with E-state index in [1.54, 1.807) is 0 Å². The first kappa shape index (κ1) is 56.5. The normalized spacial score (nSPS) is 11.4. The van der Waals surface area contributed by atoms with Crippen molar-refractivity contribution < 1.29 is 33.2 Å². The number of fused-ring (bicyclic) bond motifs is 6. The molecule has 68 heavy (non-hydrogen) atoms. The van der Waals surface area contributed by atoms with E-state index in [0.717, 1.165) is 145 Å². The lowest BCUT2D eigenvalue weighted by Crippen LogP contribution is -2.29. The molecule has 8 heteroatoms. The van der Waals surface area contributed by atoms with E-state index in [-0.39, 0.29) is 12.5 Å². The van der Waals surface area contributed by atoms with E-state index in [9.17, 15) is 4.79 Å². The summed E-state index contributed by atoms with van der Waals surface area (Å²) in [7, 11) is 0. The molecule has 0 fully saturated rings. The topological polar surface area (TPSA) is 84.5 Å². The SMILES string of the molecule is CCCCCCCCCCNC(=O)COc1cc2c3cc(OCCCCCC)c(OCCCCCC)cc3c3cc(OCCCCCC)c(OCCCCCC)cc3c2cc1OCCCCCC. The van der Waals surface area contributed by atoms with Gasteiger partial charge in [-0.2, -0.15) is 0 Å². The van der Waals surface area contributed by atoms with E-state index in [1.165, 1.54) is 89.9 Å². The van der Waals surface area contributed by atoms with Crippen LogP contribution in [0.5, 0.6) is 34.5 Å². The average molecular weight is 942 g/mol. The summed E-state index contributed by atoms with van der Waals surface area (Å²) in [6.07, 6.45) is 32.1. The van der Waals surface area contributed by atoms with Gasteiger partial charge in [0.25, 0.3) is 5.91 Å². The molecular formula is C60H95NO7. The smallest absolute Gasteiger partial charge is 0.257 e. The Hall–Kier alpha value is -4.07. The molecule has 0 aliphatic heterocycles. The van der Waals surface area contributed by atoms with Crippen molar-refractivity contribution in [2.24, 2.45) is 0 Å². The molecule has 0 aliphatic rings. The molecule has 0 heterocycles. The zero-order chi connectivity index (χ0) is 48.4. The third kappa shape index (κ3) is 20.1. The molecule has 1 N–H and O–H groups in total. The van der Waals surface area contributed by atoms with Crippen LogP contribution in [0.25, 0.3) is 32.3 Å². The lowest BCUT2D eigenvalue weighted by Gasteiger charge is -2.21. The molecular weight excluding hydrogens is 847 g/mol. The van der Waals surface area contributed by atoms with Crippen LogP contribution in [0, 0.1) is 0 Å². The molecule has 0 unspecified atom stereocenters. The predicted molar refractivity (Wildman–Crippen MR) is 288 cm³/mol. The zero-order valence-electron chi connectivity index (χ0n) is 44.1. The summed E-state index contributed by atoms with van der Waals surface area (Å²) in [4.78, 5) is 13.3.